The van der Waals surface area contributed by atoms with Crippen LogP contribution in [0.1, 0.15) is 5.56 Å². The van der Waals surface area contributed by atoms with Crippen LogP contribution in [-0.2, 0) is 4.79 Å². The Morgan fingerprint density at radius 3 is 2.12 bits per heavy atom. The van der Waals surface area contributed by atoms with E-state index in [1.54, 1.807) is 0 Å². The van der Waals surface area contributed by atoms with Crippen molar-refractivity contribution in [2.45, 2.75) is 6.18 Å². The highest BCUT2D eigenvalue weighted by molar-refractivity contribution is 7.90. The van der Waals surface area contributed by atoms with Gasteiger partial charge < -0.3 is 0 Å². The third kappa shape index (κ3) is 3.37. The molecule has 1 aromatic carbocycles. The van der Waals surface area contributed by atoms with Crippen molar-refractivity contribution >= 4 is 23.3 Å². The predicted octanol–water partition coefficient (Wildman–Crippen LogP) is 3.23. The van der Waals surface area contributed by atoms with Gasteiger partial charge >= 0.3 is 6.18 Å². The highest BCUT2D eigenvalue weighted by atomic mass is 32.1. The maximum Gasteiger partial charge on any atom is 0.454 e. The molecule has 1 rings (SSSR count). The molecule has 0 spiro atoms. The summed E-state index contributed by atoms with van der Waals surface area (Å²) in [6.07, 6.45) is -4.57. The SMILES string of the molecule is O=C(/C=C(\S)c1ccc(F)cc1)C(F)(F)F. The van der Waals surface area contributed by atoms with Crippen LogP contribution in [0.25, 0.3) is 4.91 Å². The summed E-state index contributed by atoms with van der Waals surface area (Å²) in [6.45, 7) is 0. The van der Waals surface area contributed by atoms with E-state index in [0.29, 0.717) is 6.08 Å². The quantitative estimate of drug-likeness (QED) is 0.484. The van der Waals surface area contributed by atoms with Crippen molar-refractivity contribution < 1.29 is 22.4 Å². The van der Waals surface area contributed by atoms with Crippen molar-refractivity contribution in [3.05, 3.63) is 41.7 Å². The van der Waals surface area contributed by atoms with E-state index in [1.807, 2.05) is 0 Å². The van der Waals surface area contributed by atoms with Gasteiger partial charge in [0.15, 0.2) is 0 Å². The number of halogens is 4. The van der Waals surface area contributed by atoms with Gasteiger partial charge in [-0.3, -0.25) is 4.79 Å². The smallest absolute Gasteiger partial charge is 0.285 e. The van der Waals surface area contributed by atoms with Crippen LogP contribution in [0.2, 0.25) is 0 Å². The Kier molecular flexibility index (Phi) is 3.74. The molecule has 6 heteroatoms. The van der Waals surface area contributed by atoms with E-state index in [0.717, 1.165) is 12.1 Å². The molecule has 0 aliphatic rings. The first-order chi connectivity index (χ1) is 7.30. The van der Waals surface area contributed by atoms with Crippen molar-refractivity contribution in [3.63, 3.8) is 0 Å². The lowest BCUT2D eigenvalue weighted by atomic mass is 10.2. The minimum atomic E-state index is -4.92. The molecule has 0 aliphatic heterocycles. The topological polar surface area (TPSA) is 17.1 Å². The first kappa shape index (κ1) is 12.8. The van der Waals surface area contributed by atoms with E-state index < -0.39 is 17.8 Å². The Morgan fingerprint density at radius 1 is 1.19 bits per heavy atom. The predicted molar refractivity (Wildman–Crippen MR) is 54.4 cm³/mol. The van der Waals surface area contributed by atoms with Gasteiger partial charge in [0.2, 0.25) is 0 Å². The third-order valence-electron chi connectivity index (χ3n) is 1.69. The molecule has 1 nitrogen and oxygen atoms in total. The van der Waals surface area contributed by atoms with Crippen molar-refractivity contribution in [2.24, 2.45) is 0 Å². The van der Waals surface area contributed by atoms with Gasteiger partial charge in [0.1, 0.15) is 5.82 Å². The Labute approximate surface area is 94.2 Å². The molecule has 0 saturated carbocycles. The Bertz CT molecular complexity index is 419. The van der Waals surface area contributed by atoms with Crippen LogP contribution < -0.4 is 0 Å². The molecule has 1 aromatic rings. The van der Waals surface area contributed by atoms with Gasteiger partial charge in [-0.1, -0.05) is 12.1 Å². The molecule has 0 saturated heterocycles. The maximum atomic E-state index is 12.5. The van der Waals surface area contributed by atoms with E-state index in [4.69, 9.17) is 0 Å². The zero-order chi connectivity index (χ0) is 12.3. The van der Waals surface area contributed by atoms with Gasteiger partial charge in [0.05, 0.1) is 0 Å². The zero-order valence-electron chi connectivity index (χ0n) is 7.75. The van der Waals surface area contributed by atoms with E-state index in [2.05, 4.69) is 12.6 Å². The van der Waals surface area contributed by atoms with Gasteiger partial charge in [0.25, 0.3) is 5.78 Å². The highest BCUT2D eigenvalue weighted by Gasteiger charge is 2.36. The van der Waals surface area contributed by atoms with Crippen LogP contribution in [0.3, 0.4) is 0 Å². The molecule has 0 fully saturated rings. The van der Waals surface area contributed by atoms with Gasteiger partial charge in [-0.05, 0) is 17.7 Å². The second kappa shape index (κ2) is 4.69. The van der Waals surface area contributed by atoms with Crippen LogP contribution in [0.5, 0.6) is 0 Å². The number of hydrogen-bond acceptors (Lipinski definition) is 2. The molecule has 0 aliphatic carbocycles. The second-order valence-corrected chi connectivity index (χ2v) is 3.38. The molecule has 0 atom stereocenters. The summed E-state index contributed by atoms with van der Waals surface area (Å²) in [5, 5.41) is 0. The minimum absolute atomic E-state index is 0.165. The number of rotatable bonds is 2. The summed E-state index contributed by atoms with van der Waals surface area (Å²) in [4.78, 5) is 10.4. The van der Waals surface area contributed by atoms with E-state index >= 15 is 0 Å². The summed E-state index contributed by atoms with van der Waals surface area (Å²) in [5.74, 6) is -2.52. The van der Waals surface area contributed by atoms with Gasteiger partial charge in [-0.2, -0.15) is 13.2 Å². The molecule has 86 valence electrons. The van der Waals surface area contributed by atoms with E-state index in [9.17, 15) is 22.4 Å². The average Bonchev–Trinajstić information content (AvgIpc) is 2.17. The first-order valence-electron chi connectivity index (χ1n) is 4.08. The number of alkyl halides is 3. The fourth-order valence-electron chi connectivity index (χ4n) is 0.910. The Balaban J connectivity index is 2.94. The summed E-state index contributed by atoms with van der Waals surface area (Å²) in [7, 11) is 0. The lowest BCUT2D eigenvalue weighted by Gasteiger charge is -2.03. The fraction of sp³-hybridized carbons (Fsp3) is 0.100. The summed E-state index contributed by atoms with van der Waals surface area (Å²) < 4.78 is 48.2. The number of hydrogen-bond donors (Lipinski definition) is 1. The number of thiol groups is 1. The fourth-order valence-corrected chi connectivity index (χ4v) is 1.18. The van der Waals surface area contributed by atoms with E-state index in [-0.39, 0.29) is 10.5 Å². The highest BCUT2D eigenvalue weighted by Crippen LogP contribution is 2.23. The monoisotopic (exact) mass is 250 g/mol. The molecule has 0 N–H and O–H groups in total. The normalized spacial score (nSPS) is 12.7. The van der Waals surface area contributed by atoms with E-state index in [1.165, 1.54) is 12.1 Å². The summed E-state index contributed by atoms with van der Waals surface area (Å²) >= 11 is 3.74. The maximum absolute atomic E-state index is 12.5. The average molecular weight is 250 g/mol. The molecule has 0 bridgehead atoms. The third-order valence-corrected chi connectivity index (χ3v) is 2.07. The van der Waals surface area contributed by atoms with Crippen LogP contribution in [0.4, 0.5) is 17.6 Å². The van der Waals surface area contributed by atoms with Crippen LogP contribution in [0.15, 0.2) is 30.3 Å². The minimum Gasteiger partial charge on any atom is -0.285 e. The summed E-state index contributed by atoms with van der Waals surface area (Å²) in [5.41, 5.74) is 0.238. The number of carbonyl (C=O) groups is 1. The molecule has 0 radical (unpaired) electrons. The van der Waals surface area contributed by atoms with Crippen molar-refractivity contribution in [3.8, 4) is 0 Å². The lowest BCUT2D eigenvalue weighted by Crippen LogP contribution is -2.20. The lowest BCUT2D eigenvalue weighted by molar-refractivity contribution is -0.165. The molecule has 0 aromatic heterocycles. The second-order valence-electron chi connectivity index (χ2n) is 2.90. The van der Waals surface area contributed by atoms with Crippen LogP contribution in [-0.4, -0.2) is 12.0 Å². The van der Waals surface area contributed by atoms with Gasteiger partial charge in [0, 0.05) is 11.0 Å². The molecule has 0 heterocycles. The zero-order valence-corrected chi connectivity index (χ0v) is 8.65. The standard InChI is InChI=1S/C10H6F4OS/c11-7-3-1-6(2-4-7)8(16)5-9(15)10(12,13)14/h1-5,16H/b8-5-. The molecular formula is C10H6F4OS. The number of benzene rings is 1. The van der Waals surface area contributed by atoms with Crippen molar-refractivity contribution in [1.29, 1.82) is 0 Å². The molecular weight excluding hydrogens is 244 g/mol. The number of ketones is 1. The summed E-state index contributed by atoms with van der Waals surface area (Å²) in [6, 6.07) is 4.60. The largest absolute Gasteiger partial charge is 0.454 e. The van der Waals surface area contributed by atoms with Crippen molar-refractivity contribution in [2.75, 3.05) is 0 Å². The van der Waals surface area contributed by atoms with Crippen LogP contribution >= 0.6 is 12.6 Å². The van der Waals surface area contributed by atoms with Crippen molar-refractivity contribution in [1.82, 2.24) is 0 Å². The Morgan fingerprint density at radius 2 is 1.69 bits per heavy atom. The molecule has 0 unspecified atom stereocenters. The first-order valence-corrected chi connectivity index (χ1v) is 4.53. The van der Waals surface area contributed by atoms with Gasteiger partial charge in [-0.15, -0.1) is 12.6 Å². The number of carbonyl (C=O) groups excluding carboxylic acids is 1. The van der Waals surface area contributed by atoms with Crippen LogP contribution in [0, 0.1) is 5.82 Å². The Hall–Kier alpha value is -1.30. The van der Waals surface area contributed by atoms with Gasteiger partial charge in [-0.25, -0.2) is 4.39 Å². The number of allylic oxidation sites excluding steroid dienone is 1. The molecule has 0 amide bonds. The molecule has 16 heavy (non-hydrogen) atoms.